The second-order valence-electron chi connectivity index (χ2n) is 3.06. The minimum Gasteiger partial charge on any atom is -0.480 e. The molecule has 1 unspecified atom stereocenters. The van der Waals surface area contributed by atoms with Crippen LogP contribution in [0.2, 0.25) is 0 Å². The summed E-state index contributed by atoms with van der Waals surface area (Å²) in [5.74, 6) is -0.752. The van der Waals surface area contributed by atoms with Gasteiger partial charge in [-0.25, -0.2) is 0 Å². The monoisotopic (exact) mass is 185 g/mol. The summed E-state index contributed by atoms with van der Waals surface area (Å²) in [6, 6.07) is -0.389. The Hall–Kier alpha value is -0.830. The molecule has 0 aliphatic rings. The summed E-state index contributed by atoms with van der Waals surface area (Å²) in [6.45, 7) is 6.33. The molecule has 0 aromatic carbocycles. The Morgan fingerprint density at radius 1 is 1.69 bits per heavy atom. The predicted molar refractivity (Wildman–Crippen MR) is 53.8 cm³/mol. The number of nitrogens with one attached hydrogen (secondary N) is 1. The van der Waals surface area contributed by atoms with Crippen molar-refractivity contribution in [1.82, 2.24) is 5.32 Å². The molecular formula is C10H19NO2. The van der Waals surface area contributed by atoms with E-state index in [1.165, 1.54) is 0 Å². The molecule has 2 N–H and O–H groups in total. The molecule has 0 rings (SSSR count). The molecule has 0 aromatic heterocycles. The first kappa shape index (κ1) is 12.2. The summed E-state index contributed by atoms with van der Waals surface area (Å²) in [5.41, 5.74) is 0. The third-order valence-electron chi connectivity index (χ3n) is 1.88. The highest BCUT2D eigenvalue weighted by Gasteiger charge is 2.14. The molecule has 3 nitrogen and oxygen atoms in total. The van der Waals surface area contributed by atoms with Crippen LogP contribution < -0.4 is 5.32 Å². The van der Waals surface area contributed by atoms with Crippen LogP contribution >= 0.6 is 0 Å². The van der Waals surface area contributed by atoms with Crippen molar-refractivity contribution in [2.24, 2.45) is 0 Å². The van der Waals surface area contributed by atoms with Gasteiger partial charge in [0.25, 0.3) is 0 Å². The molecule has 1 atom stereocenters. The lowest BCUT2D eigenvalue weighted by Crippen LogP contribution is -2.37. The van der Waals surface area contributed by atoms with Gasteiger partial charge in [-0.3, -0.25) is 4.79 Å². The van der Waals surface area contributed by atoms with E-state index in [2.05, 4.69) is 18.8 Å². The Morgan fingerprint density at radius 3 is 2.85 bits per heavy atom. The zero-order valence-electron chi connectivity index (χ0n) is 8.25. The number of unbranched alkanes of at least 4 members (excludes halogenated alkanes) is 1. The van der Waals surface area contributed by atoms with Gasteiger partial charge in [-0.1, -0.05) is 25.8 Å². The summed E-state index contributed by atoms with van der Waals surface area (Å²) in [5, 5.41) is 11.8. The van der Waals surface area contributed by atoms with E-state index < -0.39 is 5.97 Å². The number of carbonyl (C=O) groups is 1. The lowest BCUT2D eigenvalue weighted by atomic mass is 10.1. The van der Waals surface area contributed by atoms with Gasteiger partial charge in [0, 0.05) is 0 Å². The molecule has 0 fully saturated rings. The third kappa shape index (κ3) is 6.34. The average Bonchev–Trinajstić information content (AvgIpc) is 2.10. The van der Waals surface area contributed by atoms with Crippen LogP contribution in [0.15, 0.2) is 12.7 Å². The van der Waals surface area contributed by atoms with Gasteiger partial charge in [0.05, 0.1) is 0 Å². The number of carboxylic acids is 1. The van der Waals surface area contributed by atoms with E-state index in [1.807, 2.05) is 0 Å². The molecule has 0 spiro atoms. The van der Waals surface area contributed by atoms with Crippen molar-refractivity contribution >= 4 is 5.97 Å². The maximum atomic E-state index is 10.7. The second kappa shape index (κ2) is 7.80. The van der Waals surface area contributed by atoms with E-state index >= 15 is 0 Å². The highest BCUT2D eigenvalue weighted by molar-refractivity contribution is 5.73. The fourth-order valence-electron chi connectivity index (χ4n) is 1.08. The molecule has 0 saturated carbocycles. The molecule has 0 radical (unpaired) electrons. The van der Waals surface area contributed by atoms with Crippen molar-refractivity contribution in [2.45, 2.75) is 38.6 Å². The second-order valence-corrected chi connectivity index (χ2v) is 3.06. The molecule has 0 amide bonds. The van der Waals surface area contributed by atoms with Gasteiger partial charge < -0.3 is 10.4 Å². The first-order valence-corrected chi connectivity index (χ1v) is 4.79. The summed E-state index contributed by atoms with van der Waals surface area (Å²) >= 11 is 0. The maximum Gasteiger partial charge on any atom is 0.320 e. The Labute approximate surface area is 79.8 Å². The molecule has 0 saturated heterocycles. The topological polar surface area (TPSA) is 49.3 Å². The average molecular weight is 185 g/mol. The summed E-state index contributed by atoms with van der Waals surface area (Å²) in [7, 11) is 0. The first-order valence-electron chi connectivity index (χ1n) is 4.79. The van der Waals surface area contributed by atoms with Crippen molar-refractivity contribution in [3.8, 4) is 0 Å². The van der Waals surface area contributed by atoms with Crippen LogP contribution in [0, 0.1) is 0 Å². The summed E-state index contributed by atoms with van der Waals surface area (Å²) < 4.78 is 0. The van der Waals surface area contributed by atoms with Gasteiger partial charge >= 0.3 is 5.97 Å². The molecule has 3 heteroatoms. The number of carboxylic acid groups (broad SMARTS) is 1. The minimum atomic E-state index is -0.752. The Bertz CT molecular complexity index is 157. The van der Waals surface area contributed by atoms with Crippen LogP contribution in [0.5, 0.6) is 0 Å². The molecular weight excluding hydrogens is 166 g/mol. The van der Waals surface area contributed by atoms with E-state index in [0.29, 0.717) is 13.0 Å². The van der Waals surface area contributed by atoms with Gasteiger partial charge in [0.2, 0.25) is 0 Å². The van der Waals surface area contributed by atoms with Crippen molar-refractivity contribution < 1.29 is 9.90 Å². The van der Waals surface area contributed by atoms with Crippen molar-refractivity contribution in [3.63, 3.8) is 0 Å². The smallest absolute Gasteiger partial charge is 0.320 e. The SMILES string of the molecule is C=CCCNC(CCCC)C(=O)O. The molecule has 13 heavy (non-hydrogen) atoms. The van der Waals surface area contributed by atoms with Gasteiger partial charge in [-0.05, 0) is 19.4 Å². The Balaban J connectivity index is 3.66. The lowest BCUT2D eigenvalue weighted by molar-refractivity contribution is -0.139. The Morgan fingerprint density at radius 2 is 2.38 bits per heavy atom. The first-order chi connectivity index (χ1) is 6.22. The maximum absolute atomic E-state index is 10.7. The largest absolute Gasteiger partial charge is 0.480 e. The molecule has 0 aromatic rings. The quantitative estimate of drug-likeness (QED) is 0.448. The van der Waals surface area contributed by atoms with E-state index in [-0.39, 0.29) is 6.04 Å². The fraction of sp³-hybridized carbons (Fsp3) is 0.700. The van der Waals surface area contributed by atoms with E-state index in [4.69, 9.17) is 5.11 Å². The van der Waals surface area contributed by atoms with Gasteiger partial charge in [-0.2, -0.15) is 0 Å². The molecule has 0 aliphatic carbocycles. The van der Waals surface area contributed by atoms with Gasteiger partial charge in [0.1, 0.15) is 6.04 Å². The summed E-state index contributed by atoms with van der Waals surface area (Å²) in [6.07, 6.45) is 5.30. The van der Waals surface area contributed by atoms with Crippen LogP contribution in [0.4, 0.5) is 0 Å². The Kier molecular flexibility index (Phi) is 7.30. The highest BCUT2D eigenvalue weighted by Crippen LogP contribution is 2.00. The number of rotatable bonds is 8. The zero-order chi connectivity index (χ0) is 10.1. The zero-order valence-corrected chi connectivity index (χ0v) is 8.25. The molecule has 0 heterocycles. The van der Waals surface area contributed by atoms with E-state index in [9.17, 15) is 4.79 Å². The van der Waals surface area contributed by atoms with Crippen molar-refractivity contribution in [2.75, 3.05) is 6.54 Å². The van der Waals surface area contributed by atoms with Crippen LogP contribution in [0.3, 0.4) is 0 Å². The van der Waals surface area contributed by atoms with Crippen LogP contribution in [-0.4, -0.2) is 23.7 Å². The third-order valence-corrected chi connectivity index (χ3v) is 1.88. The van der Waals surface area contributed by atoms with E-state index in [1.54, 1.807) is 6.08 Å². The molecule has 0 bridgehead atoms. The fourth-order valence-corrected chi connectivity index (χ4v) is 1.08. The minimum absolute atomic E-state index is 0.389. The number of aliphatic carboxylic acids is 1. The highest BCUT2D eigenvalue weighted by atomic mass is 16.4. The number of hydrogen-bond acceptors (Lipinski definition) is 2. The van der Waals surface area contributed by atoms with Crippen LogP contribution in [-0.2, 0) is 4.79 Å². The van der Waals surface area contributed by atoms with Crippen LogP contribution in [0.1, 0.15) is 32.6 Å². The number of hydrogen-bond donors (Lipinski definition) is 2. The van der Waals surface area contributed by atoms with Crippen molar-refractivity contribution in [3.05, 3.63) is 12.7 Å². The standard InChI is InChI=1S/C10H19NO2/c1-3-5-7-9(10(12)13)11-8-6-4-2/h4,9,11H,2-3,5-8H2,1H3,(H,12,13). The summed E-state index contributed by atoms with van der Waals surface area (Å²) in [4.78, 5) is 10.7. The predicted octanol–water partition coefficient (Wildman–Crippen LogP) is 1.80. The van der Waals surface area contributed by atoms with Crippen LogP contribution in [0.25, 0.3) is 0 Å². The normalized spacial score (nSPS) is 12.4. The van der Waals surface area contributed by atoms with E-state index in [0.717, 1.165) is 19.3 Å². The molecule has 0 aliphatic heterocycles. The van der Waals surface area contributed by atoms with Gasteiger partial charge in [-0.15, -0.1) is 6.58 Å². The lowest BCUT2D eigenvalue weighted by Gasteiger charge is -2.12. The molecule has 76 valence electrons. The van der Waals surface area contributed by atoms with Gasteiger partial charge in [0.15, 0.2) is 0 Å². The van der Waals surface area contributed by atoms with Crippen molar-refractivity contribution in [1.29, 1.82) is 0 Å².